The largest absolute Gasteiger partial charge is 0.324 e. The van der Waals surface area contributed by atoms with Gasteiger partial charge in [0.05, 0.1) is 0 Å². The van der Waals surface area contributed by atoms with Crippen LogP contribution in [0.2, 0.25) is 0 Å². The number of fused-ring (bicyclic) bond motifs is 2. The molecule has 144 valence electrons. The molecule has 1 heterocycles. The molecule has 1 aliphatic carbocycles. The monoisotopic (exact) mass is 392 g/mol. The van der Waals surface area contributed by atoms with Gasteiger partial charge < -0.3 is 9.88 Å². The summed E-state index contributed by atoms with van der Waals surface area (Å²) in [6.45, 7) is 0. The van der Waals surface area contributed by atoms with Gasteiger partial charge in [0.1, 0.15) is 0 Å². The normalized spacial score (nSPS) is 12.3. The second-order valence-electron chi connectivity index (χ2n) is 7.06. The summed E-state index contributed by atoms with van der Waals surface area (Å²) in [6, 6.07) is 22.7. The Morgan fingerprint density at radius 2 is 1.27 bits per heavy atom. The number of carbonyl (C=O) groups is 3. The van der Waals surface area contributed by atoms with Crippen molar-refractivity contribution in [1.82, 2.24) is 4.57 Å². The molecular formula is C25H16N2O3. The molecule has 0 radical (unpaired) electrons. The highest BCUT2D eigenvalue weighted by molar-refractivity contribution is 6.28. The van der Waals surface area contributed by atoms with E-state index in [1.54, 1.807) is 54.6 Å². The van der Waals surface area contributed by atoms with E-state index >= 15 is 0 Å². The standard InChI is InChI=1S/C25H16N2O3/c28-23-19-5-1-2-6-20(19)24(29)22-15-17(9-12-21(22)23)26-25(30)16-7-10-18(11-8-16)27-13-3-4-14-27/h1-15H,(H,26,30). The van der Waals surface area contributed by atoms with E-state index in [0.29, 0.717) is 33.5 Å². The molecule has 5 heteroatoms. The predicted molar refractivity (Wildman–Crippen MR) is 113 cm³/mol. The average Bonchev–Trinajstić information content (AvgIpc) is 3.32. The van der Waals surface area contributed by atoms with Gasteiger partial charge in [-0.1, -0.05) is 24.3 Å². The van der Waals surface area contributed by atoms with E-state index in [1.165, 1.54) is 0 Å². The third kappa shape index (κ3) is 2.93. The number of amides is 1. The maximum Gasteiger partial charge on any atom is 0.255 e. The number of anilines is 1. The zero-order valence-electron chi connectivity index (χ0n) is 15.8. The third-order valence-electron chi connectivity index (χ3n) is 5.22. The minimum Gasteiger partial charge on any atom is -0.324 e. The molecule has 0 aliphatic heterocycles. The zero-order chi connectivity index (χ0) is 20.7. The number of hydrogen-bond acceptors (Lipinski definition) is 3. The van der Waals surface area contributed by atoms with Crippen LogP contribution < -0.4 is 5.32 Å². The van der Waals surface area contributed by atoms with Crippen LogP contribution in [0, 0.1) is 0 Å². The Morgan fingerprint density at radius 1 is 0.667 bits per heavy atom. The molecule has 0 bridgehead atoms. The van der Waals surface area contributed by atoms with Crippen LogP contribution in [0.3, 0.4) is 0 Å². The molecule has 4 aromatic rings. The molecule has 1 amide bonds. The van der Waals surface area contributed by atoms with Crippen LogP contribution in [0.25, 0.3) is 5.69 Å². The highest BCUT2D eigenvalue weighted by atomic mass is 16.2. The summed E-state index contributed by atoms with van der Waals surface area (Å²) in [5.74, 6) is -0.685. The summed E-state index contributed by atoms with van der Waals surface area (Å²) in [5, 5.41) is 2.81. The number of aromatic nitrogens is 1. The molecule has 0 atom stereocenters. The van der Waals surface area contributed by atoms with Crippen LogP contribution in [0.1, 0.15) is 42.2 Å². The van der Waals surface area contributed by atoms with Crippen molar-refractivity contribution in [3.8, 4) is 5.69 Å². The molecule has 0 spiro atoms. The number of nitrogens with zero attached hydrogens (tertiary/aromatic N) is 1. The van der Waals surface area contributed by atoms with Crippen LogP contribution in [0.15, 0.2) is 91.3 Å². The van der Waals surface area contributed by atoms with Crippen LogP contribution in [0.4, 0.5) is 5.69 Å². The van der Waals surface area contributed by atoms with Crippen molar-refractivity contribution < 1.29 is 14.4 Å². The van der Waals surface area contributed by atoms with Crippen molar-refractivity contribution in [3.05, 3.63) is 119 Å². The van der Waals surface area contributed by atoms with Gasteiger partial charge in [-0.2, -0.15) is 0 Å². The van der Waals surface area contributed by atoms with E-state index in [0.717, 1.165) is 5.69 Å². The highest BCUT2D eigenvalue weighted by Gasteiger charge is 2.29. The second kappa shape index (κ2) is 6.97. The summed E-state index contributed by atoms with van der Waals surface area (Å²) in [4.78, 5) is 38.2. The van der Waals surface area contributed by atoms with Gasteiger partial charge in [0.2, 0.25) is 0 Å². The number of rotatable bonds is 3. The Labute approximate surface area is 172 Å². The van der Waals surface area contributed by atoms with Crippen molar-refractivity contribution in [2.45, 2.75) is 0 Å². The fraction of sp³-hybridized carbons (Fsp3) is 0. The smallest absolute Gasteiger partial charge is 0.255 e. The second-order valence-corrected chi connectivity index (χ2v) is 7.06. The van der Waals surface area contributed by atoms with E-state index in [2.05, 4.69) is 5.32 Å². The molecule has 1 aliphatic rings. The maximum absolute atomic E-state index is 12.8. The summed E-state index contributed by atoms with van der Waals surface area (Å²) >= 11 is 0. The third-order valence-corrected chi connectivity index (χ3v) is 5.22. The van der Waals surface area contributed by atoms with Crippen molar-refractivity contribution in [1.29, 1.82) is 0 Å². The molecule has 0 unspecified atom stereocenters. The fourth-order valence-corrected chi connectivity index (χ4v) is 3.67. The van der Waals surface area contributed by atoms with Gasteiger partial charge in [-0.25, -0.2) is 0 Å². The number of benzene rings is 3. The first kappa shape index (κ1) is 17.8. The first-order chi connectivity index (χ1) is 14.6. The Morgan fingerprint density at radius 3 is 1.93 bits per heavy atom. The van der Waals surface area contributed by atoms with Crippen molar-refractivity contribution in [3.63, 3.8) is 0 Å². The lowest BCUT2D eigenvalue weighted by molar-refractivity contribution is 0.0979. The molecule has 0 fully saturated rings. The minimum atomic E-state index is -0.288. The molecule has 5 rings (SSSR count). The van der Waals surface area contributed by atoms with Crippen LogP contribution >= 0.6 is 0 Å². The summed E-state index contributed by atoms with van der Waals surface area (Å²) in [7, 11) is 0. The van der Waals surface area contributed by atoms with E-state index in [4.69, 9.17) is 0 Å². The van der Waals surface area contributed by atoms with E-state index in [-0.39, 0.29) is 17.5 Å². The molecule has 1 N–H and O–H groups in total. The number of nitrogens with one attached hydrogen (secondary N) is 1. The van der Waals surface area contributed by atoms with E-state index in [9.17, 15) is 14.4 Å². The Kier molecular flexibility index (Phi) is 4.14. The SMILES string of the molecule is O=C(Nc1ccc2c(c1)C(=O)c1ccccc1C2=O)c1ccc(-n2cccc2)cc1. The first-order valence-electron chi connectivity index (χ1n) is 9.49. The lowest BCUT2D eigenvalue weighted by atomic mass is 9.84. The first-order valence-corrected chi connectivity index (χ1v) is 9.49. The molecule has 0 saturated carbocycles. The molecule has 30 heavy (non-hydrogen) atoms. The van der Waals surface area contributed by atoms with Crippen LogP contribution in [-0.2, 0) is 0 Å². The molecular weight excluding hydrogens is 376 g/mol. The van der Waals surface area contributed by atoms with Gasteiger partial charge in [0.25, 0.3) is 5.91 Å². The Hall–Kier alpha value is -4.25. The molecule has 1 aromatic heterocycles. The molecule has 0 saturated heterocycles. The number of ketones is 2. The fourth-order valence-electron chi connectivity index (χ4n) is 3.67. The Balaban J connectivity index is 1.40. The van der Waals surface area contributed by atoms with Gasteiger partial charge in [0, 0.05) is 51.6 Å². The predicted octanol–water partition coefficient (Wildman–Crippen LogP) is 4.51. The summed E-state index contributed by atoms with van der Waals surface area (Å²) in [6.07, 6.45) is 3.86. The van der Waals surface area contributed by atoms with Crippen LogP contribution in [-0.4, -0.2) is 22.0 Å². The number of hydrogen-bond donors (Lipinski definition) is 1. The van der Waals surface area contributed by atoms with Crippen LogP contribution in [0.5, 0.6) is 0 Å². The highest BCUT2D eigenvalue weighted by Crippen LogP contribution is 2.29. The summed E-state index contributed by atoms with van der Waals surface area (Å²) in [5.41, 5.74) is 3.37. The topological polar surface area (TPSA) is 68.2 Å². The lowest BCUT2D eigenvalue weighted by Crippen LogP contribution is -2.21. The van der Waals surface area contributed by atoms with Gasteiger partial charge in [-0.3, -0.25) is 14.4 Å². The van der Waals surface area contributed by atoms with Gasteiger partial charge in [-0.15, -0.1) is 0 Å². The van der Waals surface area contributed by atoms with Gasteiger partial charge in [0.15, 0.2) is 11.6 Å². The maximum atomic E-state index is 12.8. The van der Waals surface area contributed by atoms with E-state index in [1.807, 2.05) is 41.2 Å². The zero-order valence-corrected chi connectivity index (χ0v) is 15.8. The van der Waals surface area contributed by atoms with Gasteiger partial charge >= 0.3 is 0 Å². The molecule has 3 aromatic carbocycles. The summed E-state index contributed by atoms with van der Waals surface area (Å²) < 4.78 is 1.95. The lowest BCUT2D eigenvalue weighted by Gasteiger charge is -2.18. The minimum absolute atomic E-state index is 0.182. The Bertz CT molecular complexity index is 1300. The van der Waals surface area contributed by atoms with E-state index < -0.39 is 0 Å². The van der Waals surface area contributed by atoms with Crippen molar-refractivity contribution in [2.75, 3.05) is 5.32 Å². The van der Waals surface area contributed by atoms with Crippen molar-refractivity contribution >= 4 is 23.2 Å². The quantitative estimate of drug-likeness (QED) is 0.491. The molecule has 5 nitrogen and oxygen atoms in total. The average molecular weight is 392 g/mol. The van der Waals surface area contributed by atoms with Gasteiger partial charge in [-0.05, 0) is 54.6 Å². The van der Waals surface area contributed by atoms with Crippen molar-refractivity contribution in [2.24, 2.45) is 0 Å². The number of carbonyl (C=O) groups excluding carboxylic acids is 3.